The van der Waals surface area contributed by atoms with Crippen LogP contribution in [-0.4, -0.2) is 48.1 Å². The van der Waals surface area contributed by atoms with Gasteiger partial charge in [0, 0.05) is 32.7 Å². The number of amides is 2. The molecule has 1 saturated heterocycles. The number of carbonyl (C=O) groups excluding carboxylic acids is 2. The molecule has 1 rings (SSSR count). The van der Waals surface area contributed by atoms with E-state index < -0.39 is 0 Å². The SMILES string of the molecule is CCC(=O)N1CCCC(C(=O)NCCCO)C1. The van der Waals surface area contributed by atoms with Crippen molar-refractivity contribution < 1.29 is 14.7 Å². The van der Waals surface area contributed by atoms with Crippen LogP contribution >= 0.6 is 0 Å². The second kappa shape index (κ2) is 7.27. The van der Waals surface area contributed by atoms with Gasteiger partial charge in [-0.25, -0.2) is 0 Å². The maximum atomic E-state index is 11.8. The van der Waals surface area contributed by atoms with Crippen LogP contribution < -0.4 is 5.32 Å². The van der Waals surface area contributed by atoms with Crippen LogP contribution in [0.25, 0.3) is 0 Å². The molecule has 0 bridgehead atoms. The van der Waals surface area contributed by atoms with Gasteiger partial charge in [0.15, 0.2) is 0 Å². The van der Waals surface area contributed by atoms with Crippen LogP contribution in [0.1, 0.15) is 32.6 Å². The van der Waals surface area contributed by atoms with E-state index in [1.807, 2.05) is 6.92 Å². The Kier molecular flexibility index (Phi) is 5.97. The van der Waals surface area contributed by atoms with Crippen molar-refractivity contribution in [1.82, 2.24) is 10.2 Å². The summed E-state index contributed by atoms with van der Waals surface area (Å²) in [6.07, 6.45) is 2.82. The number of likely N-dealkylation sites (tertiary alicyclic amines) is 1. The van der Waals surface area contributed by atoms with Crippen molar-refractivity contribution >= 4 is 11.8 Å². The highest BCUT2D eigenvalue weighted by molar-refractivity contribution is 5.81. The van der Waals surface area contributed by atoms with E-state index in [1.165, 1.54) is 0 Å². The Morgan fingerprint density at radius 3 is 2.88 bits per heavy atom. The third-order valence-electron chi connectivity index (χ3n) is 3.08. The number of carbonyl (C=O) groups is 2. The summed E-state index contributed by atoms with van der Waals surface area (Å²) >= 11 is 0. The second-order valence-corrected chi connectivity index (χ2v) is 4.40. The molecule has 0 saturated carbocycles. The van der Waals surface area contributed by atoms with Gasteiger partial charge in [0.25, 0.3) is 0 Å². The van der Waals surface area contributed by atoms with Gasteiger partial charge in [0.2, 0.25) is 11.8 Å². The van der Waals surface area contributed by atoms with Gasteiger partial charge in [-0.2, -0.15) is 0 Å². The van der Waals surface area contributed by atoms with Crippen LogP contribution in [0.15, 0.2) is 0 Å². The third-order valence-corrected chi connectivity index (χ3v) is 3.08. The number of hydrogen-bond donors (Lipinski definition) is 2. The maximum absolute atomic E-state index is 11.8. The molecule has 1 aliphatic rings. The van der Waals surface area contributed by atoms with Gasteiger partial charge in [0.05, 0.1) is 5.92 Å². The third kappa shape index (κ3) is 4.34. The Labute approximate surface area is 102 Å². The van der Waals surface area contributed by atoms with E-state index in [-0.39, 0.29) is 24.3 Å². The van der Waals surface area contributed by atoms with Gasteiger partial charge in [-0.1, -0.05) is 6.92 Å². The molecule has 1 aliphatic heterocycles. The molecule has 17 heavy (non-hydrogen) atoms. The van der Waals surface area contributed by atoms with Gasteiger partial charge in [-0.05, 0) is 19.3 Å². The number of aliphatic hydroxyl groups excluding tert-OH is 1. The molecule has 0 spiro atoms. The first-order chi connectivity index (χ1) is 8.19. The van der Waals surface area contributed by atoms with Crippen LogP contribution in [0.4, 0.5) is 0 Å². The topological polar surface area (TPSA) is 69.6 Å². The number of hydrogen-bond acceptors (Lipinski definition) is 3. The normalized spacial score (nSPS) is 20.1. The molecule has 1 fully saturated rings. The van der Waals surface area contributed by atoms with Gasteiger partial charge >= 0.3 is 0 Å². The Morgan fingerprint density at radius 2 is 2.24 bits per heavy atom. The summed E-state index contributed by atoms with van der Waals surface area (Å²) < 4.78 is 0. The van der Waals surface area contributed by atoms with Gasteiger partial charge in [0.1, 0.15) is 0 Å². The first-order valence-corrected chi connectivity index (χ1v) is 6.35. The summed E-state index contributed by atoms with van der Waals surface area (Å²) in [6, 6.07) is 0. The van der Waals surface area contributed by atoms with E-state index in [4.69, 9.17) is 5.11 Å². The Hall–Kier alpha value is -1.10. The number of nitrogens with zero attached hydrogens (tertiary/aromatic N) is 1. The quantitative estimate of drug-likeness (QED) is 0.673. The molecular formula is C12H22N2O3. The molecule has 1 atom stereocenters. The summed E-state index contributed by atoms with van der Waals surface area (Å²) in [6.45, 7) is 3.75. The first kappa shape index (κ1) is 14.0. The minimum atomic E-state index is -0.0852. The summed E-state index contributed by atoms with van der Waals surface area (Å²) in [5.41, 5.74) is 0. The fraction of sp³-hybridized carbons (Fsp3) is 0.833. The summed E-state index contributed by atoms with van der Waals surface area (Å²) in [5.74, 6) is 0.0443. The average molecular weight is 242 g/mol. The molecule has 0 aromatic heterocycles. The summed E-state index contributed by atoms with van der Waals surface area (Å²) in [4.78, 5) is 25.1. The summed E-state index contributed by atoms with van der Waals surface area (Å²) in [7, 11) is 0. The largest absolute Gasteiger partial charge is 0.396 e. The Morgan fingerprint density at radius 1 is 1.47 bits per heavy atom. The molecule has 1 heterocycles. The predicted molar refractivity (Wildman–Crippen MR) is 64.3 cm³/mol. The van der Waals surface area contributed by atoms with Crippen LogP contribution in [0, 0.1) is 5.92 Å². The van der Waals surface area contributed by atoms with Gasteiger partial charge in [-0.15, -0.1) is 0 Å². The number of piperidine rings is 1. The lowest BCUT2D eigenvalue weighted by atomic mass is 9.97. The molecular weight excluding hydrogens is 220 g/mol. The predicted octanol–water partition coefficient (Wildman–Crippen LogP) is 0.134. The van der Waals surface area contributed by atoms with Crippen molar-refractivity contribution in [3.63, 3.8) is 0 Å². The van der Waals surface area contributed by atoms with E-state index in [1.54, 1.807) is 4.90 Å². The average Bonchev–Trinajstić information content (AvgIpc) is 2.38. The van der Waals surface area contributed by atoms with Crippen molar-refractivity contribution in [2.24, 2.45) is 5.92 Å². The monoisotopic (exact) mass is 242 g/mol. The fourth-order valence-corrected chi connectivity index (χ4v) is 2.08. The minimum Gasteiger partial charge on any atom is -0.396 e. The van der Waals surface area contributed by atoms with Gasteiger partial charge in [-0.3, -0.25) is 9.59 Å². The zero-order chi connectivity index (χ0) is 12.7. The maximum Gasteiger partial charge on any atom is 0.224 e. The fourth-order valence-electron chi connectivity index (χ4n) is 2.08. The zero-order valence-electron chi connectivity index (χ0n) is 10.4. The van der Waals surface area contributed by atoms with Gasteiger partial charge < -0.3 is 15.3 Å². The molecule has 5 nitrogen and oxygen atoms in total. The molecule has 0 aromatic rings. The van der Waals surface area contributed by atoms with E-state index in [2.05, 4.69) is 5.32 Å². The molecule has 2 N–H and O–H groups in total. The lowest BCUT2D eigenvalue weighted by molar-refractivity contribution is -0.135. The van der Waals surface area contributed by atoms with Crippen molar-refractivity contribution in [1.29, 1.82) is 0 Å². The van der Waals surface area contributed by atoms with Crippen LogP contribution in [0.2, 0.25) is 0 Å². The number of rotatable bonds is 5. The molecule has 98 valence electrons. The lowest BCUT2D eigenvalue weighted by Gasteiger charge is -2.31. The van der Waals surface area contributed by atoms with E-state index in [0.717, 1.165) is 19.4 Å². The molecule has 0 aromatic carbocycles. The highest BCUT2D eigenvalue weighted by Gasteiger charge is 2.27. The Bertz CT molecular complexity index is 268. The Balaban J connectivity index is 2.37. The van der Waals surface area contributed by atoms with E-state index >= 15 is 0 Å². The number of nitrogens with one attached hydrogen (secondary N) is 1. The highest BCUT2D eigenvalue weighted by Crippen LogP contribution is 2.17. The second-order valence-electron chi connectivity index (χ2n) is 4.40. The standard InChI is InChI=1S/C12H22N2O3/c1-2-11(16)14-7-3-5-10(9-14)12(17)13-6-4-8-15/h10,15H,2-9H2,1H3,(H,13,17). The van der Waals surface area contributed by atoms with Crippen molar-refractivity contribution in [3.8, 4) is 0 Å². The lowest BCUT2D eigenvalue weighted by Crippen LogP contribution is -2.45. The first-order valence-electron chi connectivity index (χ1n) is 6.35. The minimum absolute atomic E-state index is 0.00653. The van der Waals surface area contributed by atoms with Crippen molar-refractivity contribution in [3.05, 3.63) is 0 Å². The van der Waals surface area contributed by atoms with Crippen LogP contribution in [-0.2, 0) is 9.59 Å². The molecule has 5 heteroatoms. The molecule has 1 unspecified atom stereocenters. The van der Waals surface area contributed by atoms with Crippen molar-refractivity contribution in [2.75, 3.05) is 26.2 Å². The summed E-state index contributed by atoms with van der Waals surface area (Å²) in [5, 5.41) is 11.4. The smallest absolute Gasteiger partial charge is 0.224 e. The number of aliphatic hydroxyl groups is 1. The van der Waals surface area contributed by atoms with Crippen LogP contribution in [0.5, 0.6) is 0 Å². The van der Waals surface area contributed by atoms with E-state index in [0.29, 0.717) is 25.9 Å². The molecule has 0 radical (unpaired) electrons. The van der Waals surface area contributed by atoms with Crippen LogP contribution in [0.3, 0.4) is 0 Å². The highest BCUT2D eigenvalue weighted by atomic mass is 16.3. The van der Waals surface area contributed by atoms with Crippen molar-refractivity contribution in [2.45, 2.75) is 32.6 Å². The molecule has 0 aliphatic carbocycles. The molecule has 2 amide bonds. The van der Waals surface area contributed by atoms with E-state index in [9.17, 15) is 9.59 Å². The zero-order valence-corrected chi connectivity index (χ0v) is 10.4.